The summed E-state index contributed by atoms with van der Waals surface area (Å²) in [5, 5.41) is 0. The Bertz CT molecular complexity index is 1660. The third-order valence-electron chi connectivity index (χ3n) is 11.5. The number of hydrogen-bond donors (Lipinski definition) is 0. The van der Waals surface area contributed by atoms with Gasteiger partial charge in [0.05, 0.1) is 5.54 Å². The van der Waals surface area contributed by atoms with Gasteiger partial charge in [0.15, 0.2) is 0 Å². The minimum atomic E-state index is 0.0958. The fourth-order valence-corrected chi connectivity index (χ4v) is 10.9. The van der Waals surface area contributed by atoms with Crippen molar-refractivity contribution in [2.24, 2.45) is 11.8 Å². The zero-order valence-corrected chi connectivity index (χ0v) is 23.7. The van der Waals surface area contributed by atoms with E-state index in [4.69, 9.17) is 0 Å². The van der Waals surface area contributed by atoms with Gasteiger partial charge in [-0.05, 0) is 71.3 Å². The van der Waals surface area contributed by atoms with Gasteiger partial charge in [0, 0.05) is 26.6 Å². The lowest BCUT2D eigenvalue weighted by molar-refractivity contribution is 0.0581. The number of anilines is 2. The smallest absolute Gasteiger partial charge is 0.249 e. The van der Waals surface area contributed by atoms with Crippen molar-refractivity contribution in [1.29, 1.82) is 0 Å². The topological polar surface area (TPSA) is 3.24 Å². The molecule has 4 aromatic rings. The van der Waals surface area contributed by atoms with E-state index in [1.807, 2.05) is 11.8 Å². The van der Waals surface area contributed by atoms with E-state index in [0.29, 0.717) is 0 Å². The molecular weight excluding hydrogens is 489 g/mol. The van der Waals surface area contributed by atoms with Crippen molar-refractivity contribution in [3.8, 4) is 11.1 Å². The van der Waals surface area contributed by atoms with Gasteiger partial charge in [-0.25, -0.2) is 0 Å². The van der Waals surface area contributed by atoms with Gasteiger partial charge >= 0.3 is 0 Å². The molecule has 3 heterocycles. The van der Waals surface area contributed by atoms with Crippen molar-refractivity contribution in [3.63, 3.8) is 0 Å². The van der Waals surface area contributed by atoms with Crippen LogP contribution in [0.15, 0.2) is 94.7 Å². The quantitative estimate of drug-likeness (QED) is 0.211. The Hall–Kier alpha value is -2.91. The maximum atomic E-state index is 2.88. The molecular formula is C36H34BNS. The largest absolute Gasteiger partial charge is 0.335 e. The number of benzene rings is 4. The highest BCUT2D eigenvalue weighted by Gasteiger charge is 2.63. The van der Waals surface area contributed by atoms with Gasteiger partial charge in [-0.3, -0.25) is 0 Å². The van der Waals surface area contributed by atoms with Gasteiger partial charge in [0.2, 0.25) is 6.71 Å². The van der Waals surface area contributed by atoms with Gasteiger partial charge in [0.25, 0.3) is 0 Å². The molecule has 0 spiro atoms. The Balaban J connectivity index is 1.35. The van der Waals surface area contributed by atoms with Crippen LogP contribution >= 0.6 is 11.8 Å². The van der Waals surface area contributed by atoms with Crippen LogP contribution in [0.3, 0.4) is 0 Å². The van der Waals surface area contributed by atoms with Gasteiger partial charge in [-0.2, -0.15) is 0 Å². The van der Waals surface area contributed by atoms with Crippen molar-refractivity contribution >= 4 is 46.2 Å². The molecule has 3 heteroatoms. The first-order chi connectivity index (χ1) is 19.1. The van der Waals surface area contributed by atoms with E-state index >= 15 is 0 Å². The lowest BCUT2D eigenvalue weighted by Gasteiger charge is -2.57. The summed E-state index contributed by atoms with van der Waals surface area (Å²) < 4.78 is 0. The summed E-state index contributed by atoms with van der Waals surface area (Å²) in [5.74, 6) is 1.74. The Labute approximate surface area is 237 Å². The molecule has 4 unspecified atom stereocenters. The normalized spacial score (nSPS) is 29.2. The van der Waals surface area contributed by atoms with Gasteiger partial charge in [0.1, 0.15) is 0 Å². The molecule has 2 aliphatic carbocycles. The standard InChI is InChI=1S/C36H34BNS/c1-35-21-24-13-6-7-14-25(24)22-36(35,2)38-30-20-19-26(23-11-4-3-5-12-23)34-32(30)37(28-16-8-9-18-31(28)39-34)29-17-10-15-27(35)33(29)38/h3-5,8-12,15-20,24-25H,6-7,13-14,21-22H2,1-2H3. The first kappa shape index (κ1) is 22.9. The molecule has 0 N–H and O–H groups in total. The summed E-state index contributed by atoms with van der Waals surface area (Å²) >= 11 is 1.99. The van der Waals surface area contributed by atoms with Crippen LogP contribution in [-0.4, -0.2) is 12.3 Å². The van der Waals surface area contributed by atoms with Crippen LogP contribution in [0.2, 0.25) is 0 Å². The predicted octanol–water partition coefficient (Wildman–Crippen LogP) is 7.42. The third kappa shape index (κ3) is 2.80. The molecule has 5 aliphatic rings. The van der Waals surface area contributed by atoms with Crippen LogP contribution in [0, 0.1) is 11.8 Å². The number of hydrogen-bond acceptors (Lipinski definition) is 2. The van der Waals surface area contributed by atoms with Gasteiger partial charge in [-0.1, -0.05) is 123 Å². The number of rotatable bonds is 1. The summed E-state index contributed by atoms with van der Waals surface area (Å²) in [4.78, 5) is 5.75. The Morgan fingerprint density at radius 3 is 2.36 bits per heavy atom. The summed E-state index contributed by atoms with van der Waals surface area (Å²) in [7, 11) is 0. The molecule has 2 saturated carbocycles. The fraction of sp³-hybridized carbons (Fsp3) is 0.333. The van der Waals surface area contributed by atoms with E-state index in [1.165, 1.54) is 76.1 Å². The number of nitrogens with zero attached hydrogens (tertiary/aromatic N) is 1. The van der Waals surface area contributed by atoms with E-state index in [-0.39, 0.29) is 17.7 Å². The zero-order valence-electron chi connectivity index (χ0n) is 22.9. The van der Waals surface area contributed by atoms with Crippen LogP contribution < -0.4 is 21.3 Å². The predicted molar refractivity (Wildman–Crippen MR) is 166 cm³/mol. The second-order valence-corrected chi connectivity index (χ2v) is 14.3. The Morgan fingerprint density at radius 2 is 1.51 bits per heavy atom. The second kappa shape index (κ2) is 7.85. The lowest BCUT2D eigenvalue weighted by Crippen LogP contribution is -2.64. The summed E-state index contributed by atoms with van der Waals surface area (Å²) in [6.07, 6.45) is 8.34. The van der Waals surface area contributed by atoms with Crippen LogP contribution in [0.4, 0.5) is 11.4 Å². The summed E-state index contributed by atoms with van der Waals surface area (Å²) in [6, 6.07) is 32.5. The van der Waals surface area contributed by atoms with Crippen molar-refractivity contribution < 1.29 is 0 Å². The van der Waals surface area contributed by atoms with E-state index in [0.717, 1.165) is 11.8 Å². The minimum Gasteiger partial charge on any atom is -0.335 e. The highest BCUT2D eigenvalue weighted by atomic mass is 32.2. The number of para-hydroxylation sites is 1. The highest BCUT2D eigenvalue weighted by Crippen LogP contribution is 2.65. The molecule has 4 atom stereocenters. The van der Waals surface area contributed by atoms with Crippen molar-refractivity contribution in [2.45, 2.75) is 73.1 Å². The van der Waals surface area contributed by atoms with Crippen LogP contribution in [0.25, 0.3) is 11.1 Å². The molecule has 0 bridgehead atoms. The van der Waals surface area contributed by atoms with Crippen LogP contribution in [-0.2, 0) is 5.41 Å². The summed E-state index contributed by atoms with van der Waals surface area (Å²) in [6.45, 7) is 5.54. The molecule has 0 radical (unpaired) electrons. The molecule has 9 rings (SSSR count). The van der Waals surface area contributed by atoms with E-state index in [1.54, 1.807) is 16.7 Å². The Kier molecular flexibility index (Phi) is 4.60. The molecule has 1 nitrogen and oxygen atoms in total. The Morgan fingerprint density at radius 1 is 0.769 bits per heavy atom. The van der Waals surface area contributed by atoms with E-state index in [9.17, 15) is 0 Å². The monoisotopic (exact) mass is 523 g/mol. The van der Waals surface area contributed by atoms with E-state index < -0.39 is 0 Å². The average Bonchev–Trinajstić information content (AvgIpc) is 3.17. The van der Waals surface area contributed by atoms with Crippen LogP contribution in [0.1, 0.15) is 57.9 Å². The van der Waals surface area contributed by atoms with Crippen LogP contribution in [0.5, 0.6) is 0 Å². The zero-order chi connectivity index (χ0) is 25.9. The van der Waals surface area contributed by atoms with Crippen molar-refractivity contribution in [2.75, 3.05) is 4.90 Å². The molecule has 192 valence electrons. The van der Waals surface area contributed by atoms with Crippen molar-refractivity contribution in [3.05, 3.63) is 90.5 Å². The summed E-state index contributed by atoms with van der Waals surface area (Å²) in [5.41, 5.74) is 12.1. The average molecular weight is 524 g/mol. The van der Waals surface area contributed by atoms with E-state index in [2.05, 4.69) is 104 Å². The fourth-order valence-electron chi connectivity index (χ4n) is 9.58. The first-order valence-electron chi connectivity index (χ1n) is 15.0. The highest BCUT2D eigenvalue weighted by molar-refractivity contribution is 8.00. The molecule has 0 aromatic heterocycles. The SMILES string of the molecule is CC12CC3CCCCC3CC1(C)N1c3ccc(-c4ccccc4)c4c3B(c3ccccc3S4)c3cccc2c31. The number of fused-ring (bicyclic) bond motifs is 8. The molecule has 4 aromatic carbocycles. The molecule has 0 saturated heterocycles. The van der Waals surface area contributed by atoms with Crippen molar-refractivity contribution in [1.82, 2.24) is 0 Å². The minimum absolute atomic E-state index is 0.0958. The first-order valence-corrected chi connectivity index (χ1v) is 15.8. The maximum absolute atomic E-state index is 2.88. The maximum Gasteiger partial charge on any atom is 0.249 e. The molecule has 0 amide bonds. The molecule has 39 heavy (non-hydrogen) atoms. The molecule has 3 aliphatic heterocycles. The molecule has 2 fully saturated rings. The second-order valence-electron chi connectivity index (χ2n) is 13.2. The van der Waals surface area contributed by atoms with Gasteiger partial charge < -0.3 is 4.90 Å². The third-order valence-corrected chi connectivity index (χ3v) is 12.7. The van der Waals surface area contributed by atoms with Gasteiger partial charge in [-0.15, -0.1) is 0 Å². The lowest BCUT2D eigenvalue weighted by atomic mass is 9.34.